The second-order valence-electron chi connectivity index (χ2n) is 10.5. The van der Waals surface area contributed by atoms with E-state index in [1.54, 1.807) is 6.92 Å². The molecule has 4 heterocycles. The van der Waals surface area contributed by atoms with Crippen LogP contribution in [-0.2, 0) is 14.3 Å². The molecule has 1 aliphatic carbocycles. The Bertz CT molecular complexity index is 699. The zero-order valence-corrected chi connectivity index (χ0v) is 19.3. The van der Waals surface area contributed by atoms with Crippen molar-refractivity contribution in [1.29, 1.82) is 0 Å². The van der Waals surface area contributed by atoms with Crippen LogP contribution in [0.15, 0.2) is 0 Å². The molecule has 0 radical (unpaired) electrons. The zero-order chi connectivity index (χ0) is 21.7. The van der Waals surface area contributed by atoms with Crippen LogP contribution in [0.25, 0.3) is 0 Å². The lowest BCUT2D eigenvalue weighted by Crippen LogP contribution is -2.68. The largest absolute Gasteiger partial charge is 0.368 e. The maximum atomic E-state index is 13.4. The van der Waals surface area contributed by atoms with Gasteiger partial charge in [0.2, 0.25) is 5.91 Å². The molecule has 8 heteroatoms. The number of hydrogen-bond acceptors (Lipinski definition) is 6. The summed E-state index contributed by atoms with van der Waals surface area (Å²) in [4.78, 5) is 32.5. The number of rotatable bonds is 2. The Morgan fingerprint density at radius 2 is 1.84 bits per heavy atom. The standard InChI is InChI=1S/C23H39N5O3/c1-14-12-27(23(30)21-5-4-10-31-21)20-11-16(6-8-18(20)28(14)15(2)29)17-7-9-19-22(25-17)24-13-26(19)3/h14,16-22,24-25H,4-13H2,1-3H3/t14-,16?,17?,18?,19?,20?,21?,22?/m0/s1. The van der Waals surface area contributed by atoms with Crippen molar-refractivity contribution >= 4 is 11.8 Å². The molecule has 4 aliphatic heterocycles. The Kier molecular flexibility index (Phi) is 6.01. The molecule has 7 unspecified atom stereocenters. The first-order valence-corrected chi connectivity index (χ1v) is 12.3. The van der Waals surface area contributed by atoms with Crippen molar-refractivity contribution < 1.29 is 14.3 Å². The molecule has 2 N–H and O–H groups in total. The summed E-state index contributed by atoms with van der Waals surface area (Å²) in [7, 11) is 2.19. The number of nitrogens with one attached hydrogen (secondary N) is 2. The number of piperazine rings is 1. The maximum Gasteiger partial charge on any atom is 0.252 e. The molecule has 0 aromatic heterocycles. The van der Waals surface area contributed by atoms with Crippen molar-refractivity contribution in [3.05, 3.63) is 0 Å². The van der Waals surface area contributed by atoms with Crippen molar-refractivity contribution in [1.82, 2.24) is 25.3 Å². The van der Waals surface area contributed by atoms with Crippen LogP contribution >= 0.6 is 0 Å². The molecule has 5 aliphatic rings. The summed E-state index contributed by atoms with van der Waals surface area (Å²) in [5, 5.41) is 7.50. The van der Waals surface area contributed by atoms with E-state index in [0.717, 1.165) is 38.8 Å². The van der Waals surface area contributed by atoms with Crippen molar-refractivity contribution in [3.63, 3.8) is 0 Å². The third-order valence-corrected chi connectivity index (χ3v) is 8.61. The van der Waals surface area contributed by atoms with Gasteiger partial charge < -0.3 is 14.5 Å². The lowest BCUT2D eigenvalue weighted by Gasteiger charge is -2.55. The quantitative estimate of drug-likeness (QED) is 0.668. The van der Waals surface area contributed by atoms with Gasteiger partial charge >= 0.3 is 0 Å². The molecular formula is C23H39N5O3. The maximum absolute atomic E-state index is 13.4. The van der Waals surface area contributed by atoms with Crippen molar-refractivity contribution in [2.45, 2.75) is 101 Å². The van der Waals surface area contributed by atoms with Gasteiger partial charge in [-0.15, -0.1) is 0 Å². The molecule has 31 heavy (non-hydrogen) atoms. The number of carbonyl (C=O) groups excluding carboxylic acids is 2. The van der Waals surface area contributed by atoms with Gasteiger partial charge in [-0.2, -0.15) is 0 Å². The first-order chi connectivity index (χ1) is 14.9. The predicted octanol–water partition coefficient (Wildman–Crippen LogP) is 0.721. The van der Waals surface area contributed by atoms with E-state index >= 15 is 0 Å². The number of fused-ring (bicyclic) bond motifs is 2. The molecule has 4 saturated heterocycles. The van der Waals surface area contributed by atoms with Gasteiger partial charge in [-0.25, -0.2) is 0 Å². The molecule has 2 amide bonds. The first-order valence-electron chi connectivity index (χ1n) is 12.3. The molecule has 8 atom stereocenters. The normalized spacial score (nSPS) is 43.6. The van der Waals surface area contributed by atoms with Gasteiger partial charge in [0.1, 0.15) is 6.10 Å². The van der Waals surface area contributed by atoms with Crippen molar-refractivity contribution in [3.8, 4) is 0 Å². The van der Waals surface area contributed by atoms with Gasteiger partial charge in [0, 0.05) is 44.9 Å². The fourth-order valence-electron chi connectivity index (χ4n) is 7.12. The summed E-state index contributed by atoms with van der Waals surface area (Å²) in [6.45, 7) is 6.03. The van der Waals surface area contributed by atoms with Crippen molar-refractivity contribution in [2.24, 2.45) is 5.92 Å². The third kappa shape index (κ3) is 3.90. The fourth-order valence-corrected chi connectivity index (χ4v) is 7.12. The van der Waals surface area contributed by atoms with E-state index < -0.39 is 0 Å². The minimum absolute atomic E-state index is 0.0624. The monoisotopic (exact) mass is 433 g/mol. The van der Waals surface area contributed by atoms with Crippen LogP contribution in [-0.4, -0.2) is 95.9 Å². The topological polar surface area (TPSA) is 77.2 Å². The van der Waals surface area contributed by atoms with Crippen LogP contribution in [0.4, 0.5) is 0 Å². The average molecular weight is 434 g/mol. The minimum Gasteiger partial charge on any atom is -0.368 e. The number of ether oxygens (including phenoxy) is 1. The van der Waals surface area contributed by atoms with Crippen LogP contribution in [0.2, 0.25) is 0 Å². The molecule has 5 rings (SSSR count). The highest BCUT2D eigenvalue weighted by atomic mass is 16.5. The zero-order valence-electron chi connectivity index (χ0n) is 19.3. The Labute approximate surface area is 186 Å². The number of piperidine rings is 1. The average Bonchev–Trinajstić information content (AvgIpc) is 3.42. The molecule has 1 saturated carbocycles. The Morgan fingerprint density at radius 1 is 1.03 bits per heavy atom. The molecule has 5 fully saturated rings. The lowest BCUT2D eigenvalue weighted by atomic mass is 9.73. The predicted molar refractivity (Wildman–Crippen MR) is 117 cm³/mol. The summed E-state index contributed by atoms with van der Waals surface area (Å²) in [5.74, 6) is 0.831. The molecular weight excluding hydrogens is 394 g/mol. The van der Waals surface area contributed by atoms with Crippen LogP contribution < -0.4 is 10.6 Å². The van der Waals surface area contributed by atoms with E-state index in [1.165, 1.54) is 12.8 Å². The highest BCUT2D eigenvalue weighted by Gasteiger charge is 2.49. The fraction of sp³-hybridized carbons (Fsp3) is 0.913. The Balaban J connectivity index is 1.33. The second kappa shape index (κ2) is 8.61. The highest BCUT2D eigenvalue weighted by molar-refractivity contribution is 5.82. The van der Waals surface area contributed by atoms with Crippen molar-refractivity contribution in [2.75, 3.05) is 26.9 Å². The summed E-state index contributed by atoms with van der Waals surface area (Å²) in [6, 6.07) is 1.36. The summed E-state index contributed by atoms with van der Waals surface area (Å²) < 4.78 is 5.76. The van der Waals surface area contributed by atoms with E-state index in [4.69, 9.17) is 4.74 Å². The van der Waals surface area contributed by atoms with Crippen LogP contribution in [0.1, 0.15) is 58.8 Å². The van der Waals surface area contributed by atoms with Gasteiger partial charge in [-0.3, -0.25) is 25.1 Å². The van der Waals surface area contributed by atoms with E-state index in [2.05, 4.69) is 39.3 Å². The van der Waals surface area contributed by atoms with E-state index in [-0.39, 0.29) is 36.0 Å². The smallest absolute Gasteiger partial charge is 0.252 e. The highest BCUT2D eigenvalue weighted by Crippen LogP contribution is 2.39. The van der Waals surface area contributed by atoms with E-state index in [1.807, 2.05) is 0 Å². The molecule has 0 bridgehead atoms. The molecule has 8 nitrogen and oxygen atoms in total. The van der Waals surface area contributed by atoms with Crippen LogP contribution in [0, 0.1) is 5.92 Å². The first kappa shape index (κ1) is 21.6. The molecule has 0 spiro atoms. The Morgan fingerprint density at radius 3 is 2.58 bits per heavy atom. The molecule has 174 valence electrons. The van der Waals surface area contributed by atoms with Crippen LogP contribution in [0.3, 0.4) is 0 Å². The van der Waals surface area contributed by atoms with Gasteiger partial charge in [0.15, 0.2) is 0 Å². The van der Waals surface area contributed by atoms with Gasteiger partial charge in [-0.05, 0) is 64.8 Å². The number of likely N-dealkylation sites (N-methyl/N-ethyl adjacent to an activating group) is 1. The number of carbonyl (C=O) groups is 2. The van der Waals surface area contributed by atoms with Gasteiger partial charge in [-0.1, -0.05) is 0 Å². The summed E-state index contributed by atoms with van der Waals surface area (Å²) >= 11 is 0. The van der Waals surface area contributed by atoms with E-state index in [0.29, 0.717) is 37.3 Å². The minimum atomic E-state index is -0.288. The number of amides is 2. The van der Waals surface area contributed by atoms with Crippen LogP contribution in [0.5, 0.6) is 0 Å². The van der Waals surface area contributed by atoms with Gasteiger partial charge in [0.25, 0.3) is 5.91 Å². The third-order valence-electron chi connectivity index (χ3n) is 8.61. The Hall–Kier alpha value is -1.22. The molecule has 0 aromatic carbocycles. The second-order valence-corrected chi connectivity index (χ2v) is 10.5. The summed E-state index contributed by atoms with van der Waals surface area (Å²) in [6.07, 6.45) is 7.34. The molecule has 0 aromatic rings. The lowest BCUT2D eigenvalue weighted by molar-refractivity contribution is -0.160. The van der Waals surface area contributed by atoms with Gasteiger partial charge in [0.05, 0.1) is 18.2 Å². The summed E-state index contributed by atoms with van der Waals surface area (Å²) in [5.41, 5.74) is 0. The SMILES string of the molecule is CC(=O)N1C2CCC(C3CCC4C(NCN4C)N3)CC2N(C(=O)C2CCCO2)C[C@@H]1C. The number of hydrogen-bond donors (Lipinski definition) is 2. The van der Waals surface area contributed by atoms with E-state index in [9.17, 15) is 9.59 Å². The number of nitrogens with zero attached hydrogens (tertiary/aromatic N) is 3.